The molecule has 6 heteroatoms. The molecule has 0 radical (unpaired) electrons. The average Bonchev–Trinajstić information content (AvgIpc) is 2.96. The van der Waals surface area contributed by atoms with E-state index in [1.807, 2.05) is 31.4 Å². The summed E-state index contributed by atoms with van der Waals surface area (Å²) in [5.74, 6) is -0.279. The lowest BCUT2D eigenvalue weighted by atomic mass is 9.85. The van der Waals surface area contributed by atoms with Gasteiger partial charge in [-0.05, 0) is 31.2 Å². The molecule has 0 aliphatic heterocycles. The molecular weight excluding hydrogens is 262 g/mol. The maximum Gasteiger partial charge on any atom is 0.234 e. The molecule has 1 amide bonds. The van der Waals surface area contributed by atoms with Crippen molar-refractivity contribution in [2.75, 3.05) is 0 Å². The minimum absolute atomic E-state index is 0.0372. The zero-order chi connectivity index (χ0) is 14.5. The van der Waals surface area contributed by atoms with Crippen LogP contribution in [0.2, 0.25) is 0 Å². The third kappa shape index (κ3) is 3.26. The molecule has 0 saturated carbocycles. The van der Waals surface area contributed by atoms with Gasteiger partial charge in [-0.3, -0.25) is 4.79 Å². The Balaban J connectivity index is 2.88. The smallest absolute Gasteiger partial charge is 0.234 e. The molecule has 5 nitrogen and oxygen atoms in total. The third-order valence-corrected chi connectivity index (χ3v) is 4.47. The largest absolute Gasteiger partial charge is 0.409 e. The molecule has 1 aromatic heterocycles. The zero-order valence-corrected chi connectivity index (χ0v) is 12.3. The molecule has 0 fully saturated rings. The van der Waals surface area contributed by atoms with Crippen molar-refractivity contribution in [3.63, 3.8) is 0 Å². The van der Waals surface area contributed by atoms with Crippen molar-refractivity contribution < 1.29 is 10.0 Å². The molecule has 2 unspecified atom stereocenters. The highest BCUT2D eigenvalue weighted by Crippen LogP contribution is 2.26. The van der Waals surface area contributed by atoms with Crippen molar-refractivity contribution in [2.24, 2.45) is 16.3 Å². The molecule has 0 aromatic carbocycles. The van der Waals surface area contributed by atoms with E-state index < -0.39 is 5.41 Å². The third-order valence-electron chi connectivity index (χ3n) is 3.48. The number of amides is 1. The number of hydrogen-bond donors (Lipinski definition) is 3. The lowest BCUT2D eigenvalue weighted by molar-refractivity contribution is -0.128. The standard InChI is InChI=1S/C13H21N3O2S/c1-4-9(10-7-6-8-19-10)15-12(17)13(3,5-2)11(14)16-18/h6-9,18H,4-5H2,1-3H3,(H2,14,16)(H,15,17). The second-order valence-corrected chi connectivity index (χ2v) is 5.60. The van der Waals surface area contributed by atoms with E-state index in [0.717, 1.165) is 11.3 Å². The molecule has 0 aliphatic carbocycles. The Morgan fingerprint density at radius 2 is 2.32 bits per heavy atom. The molecular formula is C13H21N3O2S. The number of amidine groups is 1. The Kier molecular flexibility index (Phi) is 5.35. The van der Waals surface area contributed by atoms with Crippen LogP contribution in [0.3, 0.4) is 0 Å². The summed E-state index contributed by atoms with van der Waals surface area (Å²) in [6.45, 7) is 5.53. The van der Waals surface area contributed by atoms with E-state index in [1.165, 1.54) is 0 Å². The highest BCUT2D eigenvalue weighted by molar-refractivity contribution is 7.10. The van der Waals surface area contributed by atoms with E-state index in [2.05, 4.69) is 10.5 Å². The van der Waals surface area contributed by atoms with Crippen molar-refractivity contribution in [3.05, 3.63) is 22.4 Å². The molecule has 0 spiro atoms. The maximum absolute atomic E-state index is 12.4. The van der Waals surface area contributed by atoms with Gasteiger partial charge in [-0.1, -0.05) is 25.1 Å². The maximum atomic E-state index is 12.4. The van der Waals surface area contributed by atoms with Gasteiger partial charge >= 0.3 is 0 Å². The van der Waals surface area contributed by atoms with Gasteiger partial charge in [0.25, 0.3) is 0 Å². The number of thiophene rings is 1. The van der Waals surface area contributed by atoms with E-state index >= 15 is 0 Å². The molecule has 0 bridgehead atoms. The minimum atomic E-state index is -0.987. The van der Waals surface area contributed by atoms with E-state index in [1.54, 1.807) is 18.3 Å². The van der Waals surface area contributed by atoms with Crippen LogP contribution >= 0.6 is 11.3 Å². The van der Waals surface area contributed by atoms with E-state index in [9.17, 15) is 4.79 Å². The van der Waals surface area contributed by atoms with Crippen molar-refractivity contribution in [1.82, 2.24) is 5.32 Å². The molecule has 19 heavy (non-hydrogen) atoms. The number of nitrogens with zero attached hydrogens (tertiary/aromatic N) is 1. The lowest BCUT2D eigenvalue weighted by Crippen LogP contribution is -2.48. The molecule has 4 N–H and O–H groups in total. The van der Waals surface area contributed by atoms with Crippen molar-refractivity contribution >= 4 is 23.1 Å². The summed E-state index contributed by atoms with van der Waals surface area (Å²) in [6, 6.07) is 3.91. The van der Waals surface area contributed by atoms with E-state index in [0.29, 0.717) is 6.42 Å². The zero-order valence-electron chi connectivity index (χ0n) is 11.5. The van der Waals surface area contributed by atoms with Crippen LogP contribution in [0.5, 0.6) is 0 Å². The summed E-state index contributed by atoms with van der Waals surface area (Å²) in [7, 11) is 0. The summed E-state index contributed by atoms with van der Waals surface area (Å²) in [4.78, 5) is 13.5. The number of carbonyl (C=O) groups excluding carboxylic acids is 1. The Hall–Kier alpha value is -1.56. The summed E-state index contributed by atoms with van der Waals surface area (Å²) in [5, 5.41) is 16.7. The summed E-state index contributed by atoms with van der Waals surface area (Å²) < 4.78 is 0. The first-order valence-electron chi connectivity index (χ1n) is 6.31. The predicted octanol–water partition coefficient (Wildman–Crippen LogP) is 2.48. The van der Waals surface area contributed by atoms with Gasteiger partial charge in [-0.25, -0.2) is 0 Å². The van der Waals surface area contributed by atoms with E-state index in [4.69, 9.17) is 10.9 Å². The van der Waals surface area contributed by atoms with Gasteiger partial charge in [0.1, 0.15) is 5.41 Å². The summed E-state index contributed by atoms with van der Waals surface area (Å²) in [6.07, 6.45) is 1.26. The molecule has 0 aliphatic rings. The molecule has 1 rings (SSSR count). The second kappa shape index (κ2) is 6.56. The van der Waals surface area contributed by atoms with Gasteiger partial charge in [-0.2, -0.15) is 0 Å². The summed E-state index contributed by atoms with van der Waals surface area (Å²) >= 11 is 1.60. The van der Waals surface area contributed by atoms with Crippen LogP contribution in [0.1, 0.15) is 44.5 Å². The SMILES string of the molecule is CCC(NC(=O)C(C)(CC)/C(N)=N/O)c1cccs1. The Morgan fingerprint density at radius 1 is 1.63 bits per heavy atom. The minimum Gasteiger partial charge on any atom is -0.409 e. The van der Waals surface area contributed by atoms with Gasteiger partial charge in [0.15, 0.2) is 5.84 Å². The molecule has 0 saturated heterocycles. The van der Waals surface area contributed by atoms with Gasteiger partial charge in [0.2, 0.25) is 5.91 Å². The fourth-order valence-corrected chi connectivity index (χ4v) is 2.61. The van der Waals surface area contributed by atoms with Crippen LogP contribution in [-0.4, -0.2) is 17.0 Å². The van der Waals surface area contributed by atoms with Crippen LogP contribution in [0.4, 0.5) is 0 Å². The van der Waals surface area contributed by atoms with Crippen LogP contribution in [-0.2, 0) is 4.79 Å². The number of nitrogens with two attached hydrogens (primary N) is 1. The van der Waals surface area contributed by atoms with Crippen LogP contribution in [0.15, 0.2) is 22.7 Å². The van der Waals surface area contributed by atoms with Gasteiger partial charge in [0.05, 0.1) is 6.04 Å². The van der Waals surface area contributed by atoms with Crippen molar-refractivity contribution in [1.29, 1.82) is 0 Å². The first kappa shape index (κ1) is 15.5. The predicted molar refractivity (Wildman–Crippen MR) is 77.3 cm³/mol. The van der Waals surface area contributed by atoms with Gasteiger partial charge in [-0.15, -0.1) is 11.3 Å². The van der Waals surface area contributed by atoms with Crippen molar-refractivity contribution in [3.8, 4) is 0 Å². The van der Waals surface area contributed by atoms with Gasteiger partial charge < -0.3 is 16.3 Å². The summed E-state index contributed by atoms with van der Waals surface area (Å²) in [5.41, 5.74) is 4.65. The topological polar surface area (TPSA) is 87.7 Å². The highest BCUT2D eigenvalue weighted by Gasteiger charge is 2.37. The van der Waals surface area contributed by atoms with Gasteiger partial charge in [0, 0.05) is 4.88 Å². The van der Waals surface area contributed by atoms with Crippen LogP contribution in [0.25, 0.3) is 0 Å². The van der Waals surface area contributed by atoms with E-state index in [-0.39, 0.29) is 17.8 Å². The monoisotopic (exact) mass is 283 g/mol. The first-order valence-corrected chi connectivity index (χ1v) is 7.19. The molecule has 1 heterocycles. The highest BCUT2D eigenvalue weighted by atomic mass is 32.1. The number of oxime groups is 1. The Labute approximate surface area is 117 Å². The van der Waals surface area contributed by atoms with Crippen LogP contribution in [0, 0.1) is 5.41 Å². The molecule has 1 aromatic rings. The Morgan fingerprint density at radius 3 is 2.74 bits per heavy atom. The fourth-order valence-electron chi connectivity index (χ4n) is 1.75. The number of nitrogens with one attached hydrogen (secondary N) is 1. The number of hydrogen-bond acceptors (Lipinski definition) is 4. The number of carbonyl (C=O) groups is 1. The van der Waals surface area contributed by atoms with Crippen molar-refractivity contribution in [2.45, 2.75) is 39.7 Å². The molecule has 106 valence electrons. The number of rotatable bonds is 6. The normalized spacial score (nSPS) is 16.7. The van der Waals surface area contributed by atoms with Crippen LogP contribution < -0.4 is 11.1 Å². The lowest BCUT2D eigenvalue weighted by Gasteiger charge is -2.28. The quantitative estimate of drug-likeness (QED) is 0.324. The average molecular weight is 283 g/mol. The second-order valence-electron chi connectivity index (χ2n) is 4.62. The first-order chi connectivity index (χ1) is 8.99. The molecule has 2 atom stereocenters. The fraction of sp³-hybridized carbons (Fsp3) is 0.538. The Bertz CT molecular complexity index is 445.